The van der Waals surface area contributed by atoms with Crippen LogP contribution in [0.4, 0.5) is 4.39 Å². The van der Waals surface area contributed by atoms with Gasteiger partial charge < -0.3 is 15.0 Å². The monoisotopic (exact) mass is 671 g/mol. The standard InChI is InChI=1S/C40H56FN3O2.C3H6/c1-36(2)31-16-20-39(5)32(37(31,3)19-17-33(36)45)15-14-27-28-8-6-18-40(28,22-21-38(27,39)4)35(46)44-23-7-9-30(44)34-42-24-29(43-34)25-10-12-26(41)13-11-25;1-3-2/h10-13,24,27-28,30-33,45H,6-9,14-23H2,1-5H3,(H,42,43);3H,1H2,2H3/t27?,28?,30?,31?,32?,33?,37?,38-,39?,40?;/m1./s1. The maximum atomic E-state index is 15.0. The number of aliphatic hydroxyl groups excluding tert-OH is 1. The number of allylic oxidation sites excluding steroid dienone is 1. The molecule has 5 nitrogen and oxygen atoms in total. The number of halogens is 1. The van der Waals surface area contributed by atoms with E-state index in [2.05, 4.69) is 51.1 Å². The highest BCUT2D eigenvalue weighted by Gasteiger charge is 2.71. The number of nitrogens with one attached hydrogen (secondary N) is 1. The summed E-state index contributed by atoms with van der Waals surface area (Å²) in [6.45, 7) is 18.7. The van der Waals surface area contributed by atoms with Crippen molar-refractivity contribution in [3.63, 3.8) is 0 Å². The molecular formula is C43H62FN3O2. The predicted molar refractivity (Wildman–Crippen MR) is 195 cm³/mol. The van der Waals surface area contributed by atoms with Crippen LogP contribution in [0.15, 0.2) is 43.1 Å². The molecule has 2 aromatic rings. The average molecular weight is 672 g/mol. The van der Waals surface area contributed by atoms with Crippen LogP contribution in [0.5, 0.6) is 0 Å². The summed E-state index contributed by atoms with van der Waals surface area (Å²) in [5.41, 5.74) is 2.34. The van der Waals surface area contributed by atoms with E-state index >= 15 is 4.79 Å². The minimum atomic E-state index is -0.243. The van der Waals surface area contributed by atoms with Gasteiger partial charge in [0.1, 0.15) is 11.6 Å². The first-order chi connectivity index (χ1) is 23.3. The van der Waals surface area contributed by atoms with Crippen LogP contribution in [0.2, 0.25) is 0 Å². The molecule has 1 aliphatic heterocycles. The molecule has 0 bridgehead atoms. The number of hydrogen-bond donors (Lipinski definition) is 2. The summed E-state index contributed by atoms with van der Waals surface area (Å²) < 4.78 is 13.6. The van der Waals surface area contributed by atoms with Gasteiger partial charge in [0.15, 0.2) is 0 Å². The molecule has 8 rings (SSSR count). The van der Waals surface area contributed by atoms with Gasteiger partial charge in [0.05, 0.1) is 29.5 Å². The fourth-order valence-corrected chi connectivity index (χ4v) is 13.8. The van der Waals surface area contributed by atoms with E-state index in [0.717, 1.165) is 68.6 Å². The van der Waals surface area contributed by atoms with Gasteiger partial charge in [-0.2, -0.15) is 0 Å². The van der Waals surface area contributed by atoms with Gasteiger partial charge in [0.2, 0.25) is 5.91 Å². The number of aliphatic hydroxyl groups is 1. The highest BCUT2D eigenvalue weighted by Crippen LogP contribution is 2.77. The summed E-state index contributed by atoms with van der Waals surface area (Å²) in [4.78, 5) is 25.5. The highest BCUT2D eigenvalue weighted by atomic mass is 19.1. The number of carbonyl (C=O) groups is 1. The van der Waals surface area contributed by atoms with E-state index in [1.54, 1.807) is 18.2 Å². The number of rotatable bonds is 3. The number of likely N-dealkylation sites (tertiary alicyclic amines) is 1. The lowest BCUT2D eigenvalue weighted by Gasteiger charge is -2.72. The number of H-pyrrole nitrogens is 1. The SMILES string of the molecule is C=CC.CC1(C)C(O)CCC2(C)C1CCC1(C)C2CCC2C3CCCC3(C(=O)N3CCCC3c3ncc(-c4ccc(F)cc4)[nH]3)CC[C@]21C. The number of fused-ring (bicyclic) bond motifs is 7. The van der Waals surface area contributed by atoms with Crippen LogP contribution in [-0.4, -0.2) is 38.5 Å². The van der Waals surface area contributed by atoms with E-state index in [9.17, 15) is 9.50 Å². The van der Waals surface area contributed by atoms with Gasteiger partial charge >= 0.3 is 0 Å². The van der Waals surface area contributed by atoms with Crippen molar-refractivity contribution in [1.82, 2.24) is 14.9 Å². The Morgan fingerprint density at radius 3 is 2.37 bits per heavy atom. The average Bonchev–Trinajstić information content (AvgIpc) is 3.84. The van der Waals surface area contributed by atoms with Gasteiger partial charge in [-0.15, -0.1) is 6.58 Å². The number of aromatic amines is 1. The van der Waals surface area contributed by atoms with E-state index < -0.39 is 0 Å². The Bertz CT molecular complexity index is 1550. The fourth-order valence-electron chi connectivity index (χ4n) is 13.8. The highest BCUT2D eigenvalue weighted by molar-refractivity contribution is 5.84. The zero-order valence-corrected chi connectivity index (χ0v) is 31.2. The quantitative estimate of drug-likeness (QED) is 0.319. The third-order valence-electron chi connectivity index (χ3n) is 16.3. The topological polar surface area (TPSA) is 69.2 Å². The van der Waals surface area contributed by atoms with Crippen molar-refractivity contribution in [2.45, 2.75) is 137 Å². The van der Waals surface area contributed by atoms with E-state index in [0.29, 0.717) is 29.6 Å². The van der Waals surface area contributed by atoms with Gasteiger partial charge in [0, 0.05) is 6.54 Å². The van der Waals surface area contributed by atoms with Crippen molar-refractivity contribution in [2.24, 2.45) is 50.7 Å². The first kappa shape index (κ1) is 35.0. The molecule has 1 aromatic carbocycles. The van der Waals surface area contributed by atoms with E-state index in [4.69, 9.17) is 4.98 Å². The molecule has 0 spiro atoms. The summed E-state index contributed by atoms with van der Waals surface area (Å²) in [6.07, 6.45) is 18.1. The molecule has 6 fully saturated rings. The second-order valence-electron chi connectivity index (χ2n) is 18.5. The van der Waals surface area contributed by atoms with Crippen LogP contribution in [0.3, 0.4) is 0 Å². The third-order valence-corrected chi connectivity index (χ3v) is 16.3. The molecule has 6 heteroatoms. The number of imidazole rings is 1. The second-order valence-corrected chi connectivity index (χ2v) is 18.5. The van der Waals surface area contributed by atoms with Crippen molar-refractivity contribution < 1.29 is 14.3 Å². The van der Waals surface area contributed by atoms with Crippen LogP contribution in [0.25, 0.3) is 11.3 Å². The number of nitrogens with zero attached hydrogens (tertiary/aromatic N) is 2. The number of aromatic nitrogens is 2. The summed E-state index contributed by atoms with van der Waals surface area (Å²) in [5.74, 6) is 3.38. The number of hydrogen-bond acceptors (Lipinski definition) is 3. The Morgan fingerprint density at radius 1 is 0.898 bits per heavy atom. The zero-order chi connectivity index (χ0) is 35.0. The Kier molecular flexibility index (Phi) is 8.80. The zero-order valence-electron chi connectivity index (χ0n) is 31.2. The van der Waals surface area contributed by atoms with Crippen LogP contribution in [-0.2, 0) is 4.79 Å². The molecule has 1 saturated heterocycles. The number of benzene rings is 1. The van der Waals surface area contributed by atoms with E-state index in [1.807, 2.05) is 13.1 Å². The van der Waals surface area contributed by atoms with Gasteiger partial charge in [-0.1, -0.05) is 47.1 Å². The fraction of sp³-hybridized carbons (Fsp3) is 0.721. The molecule has 10 atom stereocenters. The minimum Gasteiger partial charge on any atom is -0.393 e. The molecule has 1 amide bonds. The Balaban J connectivity index is 0.00000122. The predicted octanol–water partition coefficient (Wildman–Crippen LogP) is 10.3. The molecule has 0 radical (unpaired) electrons. The maximum Gasteiger partial charge on any atom is 0.229 e. The van der Waals surface area contributed by atoms with Crippen molar-refractivity contribution in [3.05, 3.63) is 54.8 Å². The van der Waals surface area contributed by atoms with Gasteiger partial charge in [-0.25, -0.2) is 9.37 Å². The lowest BCUT2D eigenvalue weighted by molar-refractivity contribution is -0.245. The van der Waals surface area contributed by atoms with Gasteiger partial charge in [0.25, 0.3) is 0 Å². The van der Waals surface area contributed by atoms with Crippen LogP contribution in [0.1, 0.15) is 137 Å². The molecule has 49 heavy (non-hydrogen) atoms. The van der Waals surface area contributed by atoms with Crippen molar-refractivity contribution in [2.75, 3.05) is 6.54 Å². The molecule has 5 aliphatic carbocycles. The molecule has 2 heterocycles. The minimum absolute atomic E-state index is 0.0147. The van der Waals surface area contributed by atoms with Crippen molar-refractivity contribution in [3.8, 4) is 11.3 Å². The lowest BCUT2D eigenvalue weighted by atomic mass is 9.32. The Morgan fingerprint density at radius 2 is 1.63 bits per heavy atom. The van der Waals surface area contributed by atoms with Crippen LogP contribution in [0, 0.1) is 56.6 Å². The summed E-state index contributed by atoms with van der Waals surface area (Å²) in [6, 6.07) is 6.52. The van der Waals surface area contributed by atoms with Crippen LogP contribution < -0.4 is 0 Å². The first-order valence-electron chi connectivity index (χ1n) is 19.6. The molecule has 5 saturated carbocycles. The number of carbonyl (C=O) groups excluding carboxylic acids is 1. The van der Waals surface area contributed by atoms with Gasteiger partial charge in [-0.3, -0.25) is 4.79 Å². The third kappa shape index (κ3) is 5.06. The van der Waals surface area contributed by atoms with E-state index in [-0.39, 0.29) is 45.0 Å². The summed E-state index contributed by atoms with van der Waals surface area (Å²) in [7, 11) is 0. The summed E-state index contributed by atoms with van der Waals surface area (Å²) >= 11 is 0. The van der Waals surface area contributed by atoms with Crippen LogP contribution >= 0.6 is 0 Å². The molecule has 1 aromatic heterocycles. The van der Waals surface area contributed by atoms with E-state index in [1.165, 1.54) is 50.7 Å². The largest absolute Gasteiger partial charge is 0.393 e. The van der Waals surface area contributed by atoms with Gasteiger partial charge in [-0.05, 0) is 159 Å². The van der Waals surface area contributed by atoms with Crippen molar-refractivity contribution >= 4 is 5.91 Å². The molecular weight excluding hydrogens is 609 g/mol. The number of amides is 1. The molecule has 6 aliphatic rings. The summed E-state index contributed by atoms with van der Waals surface area (Å²) in [5, 5.41) is 11.1. The lowest BCUT2D eigenvalue weighted by Crippen LogP contribution is -2.67. The van der Waals surface area contributed by atoms with Crippen molar-refractivity contribution in [1.29, 1.82) is 0 Å². The Hall–Kier alpha value is -2.47. The molecule has 268 valence electrons. The molecule has 9 unspecified atom stereocenters. The molecule has 2 N–H and O–H groups in total. The normalized spacial score (nSPS) is 42.2. The smallest absolute Gasteiger partial charge is 0.229 e. The maximum absolute atomic E-state index is 15.0. The first-order valence-corrected chi connectivity index (χ1v) is 19.6. The second kappa shape index (κ2) is 12.3. The Labute approximate surface area is 294 Å².